The molecule has 0 fully saturated rings. The maximum Gasteiger partial charge on any atom is 0.137 e. The summed E-state index contributed by atoms with van der Waals surface area (Å²) in [7, 11) is 1.53. The molecule has 3 nitrogen and oxygen atoms in total. The first kappa shape index (κ1) is 12.4. The van der Waals surface area contributed by atoms with E-state index in [1.807, 2.05) is 0 Å². The van der Waals surface area contributed by atoms with E-state index in [0.717, 1.165) is 5.69 Å². The summed E-state index contributed by atoms with van der Waals surface area (Å²) in [5, 5.41) is 12.3. The molecule has 84 valence electrons. The minimum atomic E-state index is -0.571. The Morgan fingerprint density at radius 2 is 2.33 bits per heavy atom. The van der Waals surface area contributed by atoms with Crippen molar-refractivity contribution in [2.75, 3.05) is 25.6 Å². The number of anilines is 1. The van der Waals surface area contributed by atoms with Crippen LogP contribution in [-0.2, 0) is 4.74 Å². The molecule has 0 aliphatic carbocycles. The Balaban J connectivity index is 2.47. The molecule has 5 heteroatoms. The van der Waals surface area contributed by atoms with Crippen LogP contribution in [0, 0.1) is 5.82 Å². The number of nitrogens with one attached hydrogen (secondary N) is 1. The highest BCUT2D eigenvalue weighted by Crippen LogP contribution is 2.19. The van der Waals surface area contributed by atoms with Crippen LogP contribution in [-0.4, -0.2) is 31.5 Å². The molecule has 2 N–H and O–H groups in total. The maximum absolute atomic E-state index is 12.9. The van der Waals surface area contributed by atoms with Crippen LogP contribution in [0.3, 0.4) is 0 Å². The molecular weight excluding hydrogens is 265 g/mol. The molecule has 0 aliphatic heterocycles. The molecule has 1 aromatic rings. The Morgan fingerprint density at radius 3 is 2.93 bits per heavy atom. The minimum Gasteiger partial charge on any atom is -0.389 e. The van der Waals surface area contributed by atoms with Crippen LogP contribution in [0.4, 0.5) is 10.1 Å². The van der Waals surface area contributed by atoms with Gasteiger partial charge in [-0.15, -0.1) is 0 Å². The topological polar surface area (TPSA) is 41.5 Å². The van der Waals surface area contributed by atoms with Crippen molar-refractivity contribution in [3.05, 3.63) is 28.5 Å². The smallest absolute Gasteiger partial charge is 0.137 e. The van der Waals surface area contributed by atoms with E-state index >= 15 is 0 Å². The predicted octanol–water partition coefficient (Wildman–Crippen LogP) is 2.01. The molecule has 1 rings (SSSR count). The first-order valence-corrected chi connectivity index (χ1v) is 5.28. The number of hydrogen-bond acceptors (Lipinski definition) is 3. The number of ether oxygens (including phenoxy) is 1. The molecule has 0 radical (unpaired) electrons. The monoisotopic (exact) mass is 277 g/mol. The molecule has 0 heterocycles. The van der Waals surface area contributed by atoms with E-state index in [4.69, 9.17) is 4.74 Å². The molecule has 0 saturated heterocycles. The van der Waals surface area contributed by atoms with Gasteiger partial charge in [-0.3, -0.25) is 0 Å². The molecular formula is C10H13BrFNO2. The molecule has 1 aromatic carbocycles. The number of benzene rings is 1. The van der Waals surface area contributed by atoms with Crippen LogP contribution in [0.1, 0.15) is 0 Å². The molecule has 0 aromatic heterocycles. The Morgan fingerprint density at radius 1 is 1.60 bits per heavy atom. The van der Waals surface area contributed by atoms with Gasteiger partial charge in [0, 0.05) is 19.3 Å². The van der Waals surface area contributed by atoms with E-state index in [9.17, 15) is 9.50 Å². The van der Waals surface area contributed by atoms with Gasteiger partial charge in [-0.05, 0) is 34.1 Å². The lowest BCUT2D eigenvalue weighted by atomic mass is 10.3. The standard InChI is InChI=1S/C10H13BrFNO2/c1-15-6-8(14)5-13-7-2-3-10(12)9(11)4-7/h2-4,8,13-14H,5-6H2,1H3. The van der Waals surface area contributed by atoms with Crippen molar-refractivity contribution in [1.29, 1.82) is 0 Å². The second kappa shape index (κ2) is 6.05. The second-order valence-electron chi connectivity index (χ2n) is 3.12. The van der Waals surface area contributed by atoms with Gasteiger partial charge < -0.3 is 15.2 Å². The third kappa shape index (κ3) is 4.15. The quantitative estimate of drug-likeness (QED) is 0.865. The van der Waals surface area contributed by atoms with Crippen LogP contribution in [0.5, 0.6) is 0 Å². The number of aliphatic hydroxyl groups is 1. The fraction of sp³-hybridized carbons (Fsp3) is 0.400. The number of hydrogen-bond donors (Lipinski definition) is 2. The van der Waals surface area contributed by atoms with Crippen molar-refractivity contribution < 1.29 is 14.2 Å². The SMILES string of the molecule is COCC(O)CNc1ccc(F)c(Br)c1. The average molecular weight is 278 g/mol. The number of halogens is 2. The fourth-order valence-electron chi connectivity index (χ4n) is 1.09. The summed E-state index contributed by atoms with van der Waals surface area (Å²) in [5.41, 5.74) is 0.749. The van der Waals surface area contributed by atoms with Crippen LogP contribution in [0.15, 0.2) is 22.7 Å². The first-order valence-electron chi connectivity index (χ1n) is 4.49. The third-order valence-electron chi connectivity index (χ3n) is 1.82. The number of methoxy groups -OCH3 is 1. The molecule has 0 aliphatic rings. The Bertz CT molecular complexity index is 322. The highest BCUT2D eigenvalue weighted by molar-refractivity contribution is 9.10. The van der Waals surface area contributed by atoms with Crippen molar-refractivity contribution in [3.63, 3.8) is 0 Å². The van der Waals surface area contributed by atoms with E-state index in [-0.39, 0.29) is 12.4 Å². The molecule has 1 atom stereocenters. The molecule has 0 bridgehead atoms. The molecule has 0 saturated carbocycles. The molecule has 15 heavy (non-hydrogen) atoms. The van der Waals surface area contributed by atoms with Crippen LogP contribution < -0.4 is 5.32 Å². The number of aliphatic hydroxyl groups excluding tert-OH is 1. The van der Waals surface area contributed by atoms with Crippen molar-refractivity contribution in [3.8, 4) is 0 Å². The third-order valence-corrected chi connectivity index (χ3v) is 2.43. The highest BCUT2D eigenvalue weighted by Gasteiger charge is 2.04. The largest absolute Gasteiger partial charge is 0.389 e. The summed E-state index contributed by atoms with van der Waals surface area (Å²) in [5.74, 6) is -0.307. The first-order chi connectivity index (χ1) is 7.13. The van der Waals surface area contributed by atoms with Crippen LogP contribution in [0.2, 0.25) is 0 Å². The van der Waals surface area contributed by atoms with Crippen molar-refractivity contribution in [1.82, 2.24) is 0 Å². The summed E-state index contributed by atoms with van der Waals surface area (Å²) in [4.78, 5) is 0. The van der Waals surface area contributed by atoms with Crippen LogP contribution in [0.25, 0.3) is 0 Å². The van der Waals surface area contributed by atoms with E-state index in [2.05, 4.69) is 21.2 Å². The maximum atomic E-state index is 12.9. The average Bonchev–Trinajstić information content (AvgIpc) is 2.20. The van der Waals surface area contributed by atoms with Gasteiger partial charge >= 0.3 is 0 Å². The molecule has 0 spiro atoms. The van der Waals surface area contributed by atoms with Crippen molar-refractivity contribution in [2.45, 2.75) is 6.10 Å². The predicted molar refractivity (Wildman–Crippen MR) is 60.5 cm³/mol. The lowest BCUT2D eigenvalue weighted by molar-refractivity contribution is 0.0727. The zero-order chi connectivity index (χ0) is 11.3. The van der Waals surface area contributed by atoms with Gasteiger partial charge in [0.15, 0.2) is 0 Å². The van der Waals surface area contributed by atoms with Gasteiger partial charge in [0.25, 0.3) is 0 Å². The van der Waals surface area contributed by atoms with Crippen molar-refractivity contribution >= 4 is 21.6 Å². The fourth-order valence-corrected chi connectivity index (χ4v) is 1.47. The normalized spacial score (nSPS) is 12.5. The highest BCUT2D eigenvalue weighted by atomic mass is 79.9. The Labute approximate surface area is 96.4 Å². The van der Waals surface area contributed by atoms with E-state index in [1.54, 1.807) is 12.1 Å². The lowest BCUT2D eigenvalue weighted by Crippen LogP contribution is -2.24. The summed E-state index contributed by atoms with van der Waals surface area (Å²) in [6, 6.07) is 4.59. The van der Waals surface area contributed by atoms with Gasteiger partial charge in [-0.25, -0.2) is 4.39 Å². The van der Waals surface area contributed by atoms with Gasteiger partial charge in [0.1, 0.15) is 5.82 Å². The lowest BCUT2D eigenvalue weighted by Gasteiger charge is -2.12. The zero-order valence-corrected chi connectivity index (χ0v) is 9.92. The summed E-state index contributed by atoms with van der Waals surface area (Å²) < 4.78 is 18.0. The Kier molecular flexibility index (Phi) is 5.01. The van der Waals surface area contributed by atoms with Gasteiger partial charge in [-0.1, -0.05) is 0 Å². The Hall–Kier alpha value is -0.650. The van der Waals surface area contributed by atoms with Crippen molar-refractivity contribution in [2.24, 2.45) is 0 Å². The van der Waals surface area contributed by atoms with E-state index in [0.29, 0.717) is 11.0 Å². The van der Waals surface area contributed by atoms with Gasteiger partial charge in [-0.2, -0.15) is 0 Å². The zero-order valence-electron chi connectivity index (χ0n) is 8.34. The second-order valence-corrected chi connectivity index (χ2v) is 3.97. The van der Waals surface area contributed by atoms with Crippen LogP contribution >= 0.6 is 15.9 Å². The minimum absolute atomic E-state index is 0.273. The number of rotatable bonds is 5. The summed E-state index contributed by atoms with van der Waals surface area (Å²) in [6.07, 6.45) is -0.571. The van der Waals surface area contributed by atoms with Gasteiger partial charge in [0.05, 0.1) is 17.2 Å². The summed E-state index contributed by atoms with van der Waals surface area (Å²) >= 11 is 3.08. The molecule has 0 amide bonds. The van der Waals surface area contributed by atoms with E-state index in [1.165, 1.54) is 13.2 Å². The van der Waals surface area contributed by atoms with E-state index < -0.39 is 6.10 Å². The van der Waals surface area contributed by atoms with Gasteiger partial charge in [0.2, 0.25) is 0 Å². The summed E-state index contributed by atoms with van der Waals surface area (Å²) in [6.45, 7) is 0.640. The molecule has 1 unspecified atom stereocenters.